The van der Waals surface area contributed by atoms with Crippen molar-refractivity contribution in [1.82, 2.24) is 4.90 Å². The van der Waals surface area contributed by atoms with E-state index in [-0.39, 0.29) is 11.5 Å². The topological polar surface area (TPSA) is 123 Å². The first-order chi connectivity index (χ1) is 19.8. The maximum absolute atomic E-state index is 13.1. The van der Waals surface area contributed by atoms with E-state index in [4.69, 9.17) is 14.2 Å². The summed E-state index contributed by atoms with van der Waals surface area (Å²) in [6, 6.07) is 17.0. The number of carbonyl (C=O) groups is 4. The number of benzene rings is 3. The van der Waals surface area contributed by atoms with E-state index in [9.17, 15) is 23.6 Å². The molecular weight excluding hydrogens is 553 g/mol. The zero-order chi connectivity index (χ0) is 29.4. The van der Waals surface area contributed by atoms with Crippen LogP contribution in [0.4, 0.5) is 20.6 Å². The third-order valence-electron chi connectivity index (χ3n) is 5.61. The van der Waals surface area contributed by atoms with Crippen LogP contribution in [0.3, 0.4) is 0 Å². The Balaban J connectivity index is 1.37. The maximum Gasteiger partial charge on any atom is 0.294 e. The van der Waals surface area contributed by atoms with Gasteiger partial charge in [0.15, 0.2) is 18.1 Å². The Bertz CT molecular complexity index is 1490. The van der Waals surface area contributed by atoms with Gasteiger partial charge in [-0.25, -0.2) is 4.39 Å². The summed E-state index contributed by atoms with van der Waals surface area (Å²) in [5.41, 5.74) is 1.39. The summed E-state index contributed by atoms with van der Waals surface area (Å²) in [5, 5.41) is 4.67. The number of ether oxygens (including phenoxy) is 3. The Kier molecular flexibility index (Phi) is 9.59. The minimum Gasteiger partial charge on any atom is -0.493 e. The van der Waals surface area contributed by atoms with Crippen LogP contribution in [0.25, 0.3) is 6.08 Å². The Morgan fingerprint density at radius 1 is 0.927 bits per heavy atom. The van der Waals surface area contributed by atoms with Gasteiger partial charge in [0.1, 0.15) is 18.1 Å². The molecule has 3 aromatic carbocycles. The van der Waals surface area contributed by atoms with Crippen molar-refractivity contribution in [2.75, 3.05) is 37.5 Å². The standard InChI is InChI=1S/C29H26FN3O7S/c1-3-39-22-7-5-4-6-21(22)32-27(35)17-40-23-13-8-18(14-24(23)38-2)15-25-28(36)33(29(37)41-25)16-26(34)31-20-11-9-19(30)10-12-20/h4-15H,3,16-17H2,1-2H3,(H,31,34)(H,32,35)/b25-15+. The van der Waals surface area contributed by atoms with Gasteiger partial charge in [0.05, 0.1) is 24.3 Å². The number of anilines is 2. The normalized spacial score (nSPS) is 13.7. The molecule has 10 nitrogen and oxygen atoms in total. The summed E-state index contributed by atoms with van der Waals surface area (Å²) in [7, 11) is 1.43. The molecule has 41 heavy (non-hydrogen) atoms. The molecule has 0 unspecified atom stereocenters. The van der Waals surface area contributed by atoms with E-state index in [1.807, 2.05) is 6.92 Å². The van der Waals surface area contributed by atoms with Gasteiger partial charge in [-0.05, 0) is 78.9 Å². The van der Waals surface area contributed by atoms with Crippen LogP contribution in [0, 0.1) is 5.82 Å². The predicted molar refractivity (Wildman–Crippen MR) is 152 cm³/mol. The maximum atomic E-state index is 13.1. The zero-order valence-electron chi connectivity index (χ0n) is 22.1. The first-order valence-corrected chi connectivity index (χ1v) is 13.2. The monoisotopic (exact) mass is 579 g/mol. The van der Waals surface area contributed by atoms with E-state index in [0.29, 0.717) is 52.6 Å². The summed E-state index contributed by atoms with van der Waals surface area (Å²) in [5.74, 6) is -0.946. The van der Waals surface area contributed by atoms with Gasteiger partial charge in [-0.2, -0.15) is 0 Å². The molecular formula is C29H26FN3O7S. The molecule has 4 rings (SSSR count). The lowest BCUT2D eigenvalue weighted by Gasteiger charge is -2.13. The fraction of sp³-hybridized carbons (Fsp3) is 0.172. The fourth-order valence-corrected chi connectivity index (χ4v) is 4.58. The molecule has 1 aliphatic heterocycles. The molecule has 1 heterocycles. The van der Waals surface area contributed by atoms with Gasteiger partial charge < -0.3 is 24.8 Å². The van der Waals surface area contributed by atoms with Crippen molar-refractivity contribution < 1.29 is 37.8 Å². The van der Waals surface area contributed by atoms with Gasteiger partial charge in [-0.3, -0.25) is 24.1 Å². The number of nitrogens with zero attached hydrogens (tertiary/aromatic N) is 1. The van der Waals surface area contributed by atoms with E-state index >= 15 is 0 Å². The molecule has 0 saturated carbocycles. The molecule has 1 fully saturated rings. The smallest absolute Gasteiger partial charge is 0.294 e. The molecule has 212 valence electrons. The molecule has 4 amide bonds. The SMILES string of the molecule is CCOc1ccccc1NC(=O)COc1ccc(/C=C2/SC(=O)N(CC(=O)Nc3ccc(F)cc3)C2=O)cc1OC. The van der Waals surface area contributed by atoms with Crippen molar-refractivity contribution in [3.63, 3.8) is 0 Å². The van der Waals surface area contributed by atoms with Gasteiger partial charge in [-0.1, -0.05) is 18.2 Å². The highest BCUT2D eigenvalue weighted by atomic mass is 32.2. The zero-order valence-corrected chi connectivity index (χ0v) is 23.0. The second-order valence-corrected chi connectivity index (χ2v) is 9.49. The number of thioether (sulfide) groups is 1. The number of carbonyl (C=O) groups excluding carboxylic acids is 4. The van der Waals surface area contributed by atoms with Crippen LogP contribution in [0.1, 0.15) is 12.5 Å². The summed E-state index contributed by atoms with van der Waals surface area (Å²) in [4.78, 5) is 51.0. The van der Waals surface area contributed by atoms with Crippen molar-refractivity contribution in [3.05, 3.63) is 83.0 Å². The molecule has 2 N–H and O–H groups in total. The molecule has 0 bridgehead atoms. The van der Waals surface area contributed by atoms with Crippen molar-refractivity contribution in [3.8, 4) is 17.2 Å². The molecule has 3 aromatic rings. The van der Waals surface area contributed by atoms with Crippen LogP contribution in [0.5, 0.6) is 17.2 Å². The molecule has 0 atom stereocenters. The van der Waals surface area contributed by atoms with Crippen molar-refractivity contribution >= 4 is 52.2 Å². The third kappa shape index (κ3) is 7.63. The predicted octanol–water partition coefficient (Wildman–Crippen LogP) is 4.93. The van der Waals surface area contributed by atoms with Crippen molar-refractivity contribution in [2.45, 2.75) is 6.92 Å². The summed E-state index contributed by atoms with van der Waals surface area (Å²) in [6.45, 7) is 1.51. The molecule has 0 aromatic heterocycles. The second kappa shape index (κ2) is 13.5. The number of hydrogen-bond acceptors (Lipinski definition) is 8. The van der Waals surface area contributed by atoms with Crippen LogP contribution in [0.2, 0.25) is 0 Å². The number of amides is 4. The van der Waals surface area contributed by atoms with Crippen molar-refractivity contribution in [2.24, 2.45) is 0 Å². The number of hydrogen-bond donors (Lipinski definition) is 2. The van der Waals surface area contributed by atoms with Gasteiger partial charge in [-0.15, -0.1) is 0 Å². The summed E-state index contributed by atoms with van der Waals surface area (Å²) < 4.78 is 29.6. The Labute approximate surface area is 239 Å². The highest BCUT2D eigenvalue weighted by Gasteiger charge is 2.36. The Hall–Kier alpha value is -4.84. The second-order valence-electron chi connectivity index (χ2n) is 8.50. The van der Waals surface area contributed by atoms with Crippen LogP contribution >= 0.6 is 11.8 Å². The number of para-hydroxylation sites is 2. The van der Waals surface area contributed by atoms with Crippen molar-refractivity contribution in [1.29, 1.82) is 0 Å². The molecule has 1 aliphatic rings. The quantitative estimate of drug-likeness (QED) is 0.307. The summed E-state index contributed by atoms with van der Waals surface area (Å²) in [6.07, 6.45) is 1.49. The lowest BCUT2D eigenvalue weighted by atomic mass is 10.2. The van der Waals surface area contributed by atoms with E-state index in [0.717, 1.165) is 4.90 Å². The highest BCUT2D eigenvalue weighted by molar-refractivity contribution is 8.18. The minimum absolute atomic E-state index is 0.118. The van der Waals surface area contributed by atoms with E-state index < -0.39 is 35.3 Å². The minimum atomic E-state index is -0.627. The first-order valence-electron chi connectivity index (χ1n) is 12.4. The van der Waals surface area contributed by atoms with Crippen LogP contribution in [-0.4, -0.2) is 54.7 Å². The van der Waals surface area contributed by atoms with Crippen LogP contribution in [-0.2, 0) is 14.4 Å². The largest absolute Gasteiger partial charge is 0.493 e. The Morgan fingerprint density at radius 2 is 1.68 bits per heavy atom. The van der Waals surface area contributed by atoms with Crippen LogP contribution < -0.4 is 24.8 Å². The van der Waals surface area contributed by atoms with E-state index in [1.165, 1.54) is 37.5 Å². The van der Waals surface area contributed by atoms with Gasteiger partial charge in [0.2, 0.25) is 5.91 Å². The summed E-state index contributed by atoms with van der Waals surface area (Å²) >= 11 is 0.698. The number of halogens is 1. The average molecular weight is 580 g/mol. The number of methoxy groups -OCH3 is 1. The van der Waals surface area contributed by atoms with Gasteiger partial charge in [0.25, 0.3) is 17.1 Å². The third-order valence-corrected chi connectivity index (χ3v) is 6.52. The van der Waals surface area contributed by atoms with E-state index in [2.05, 4.69) is 10.6 Å². The molecule has 0 radical (unpaired) electrons. The molecule has 12 heteroatoms. The van der Waals surface area contributed by atoms with Gasteiger partial charge in [0, 0.05) is 5.69 Å². The first kappa shape index (κ1) is 29.2. The number of nitrogens with one attached hydrogen (secondary N) is 2. The lowest BCUT2D eigenvalue weighted by molar-refractivity contribution is -0.127. The van der Waals surface area contributed by atoms with Gasteiger partial charge >= 0.3 is 0 Å². The average Bonchev–Trinajstić information content (AvgIpc) is 3.21. The lowest BCUT2D eigenvalue weighted by Crippen LogP contribution is -2.36. The number of imide groups is 1. The molecule has 0 spiro atoms. The molecule has 1 saturated heterocycles. The molecule has 0 aliphatic carbocycles. The Morgan fingerprint density at radius 3 is 2.41 bits per heavy atom. The van der Waals surface area contributed by atoms with Crippen LogP contribution in [0.15, 0.2) is 71.6 Å². The highest BCUT2D eigenvalue weighted by Crippen LogP contribution is 2.34. The van der Waals surface area contributed by atoms with E-state index in [1.54, 1.807) is 42.5 Å². The number of rotatable bonds is 11. The fourth-order valence-electron chi connectivity index (χ4n) is 3.74.